The topological polar surface area (TPSA) is 29.1 Å². The van der Waals surface area contributed by atoms with E-state index in [4.69, 9.17) is 0 Å². The monoisotopic (exact) mass is 243 g/mol. The third-order valence-corrected chi connectivity index (χ3v) is 2.49. The van der Waals surface area contributed by atoms with Crippen molar-refractivity contribution in [3.8, 4) is 0 Å². The summed E-state index contributed by atoms with van der Waals surface area (Å²) in [6.45, 7) is 2.77. The van der Waals surface area contributed by atoms with Crippen LogP contribution in [0.3, 0.4) is 0 Å². The molecule has 0 radical (unpaired) electrons. The fourth-order valence-electron chi connectivity index (χ4n) is 1.52. The van der Waals surface area contributed by atoms with Crippen molar-refractivity contribution in [2.75, 3.05) is 6.54 Å². The molecule has 0 aliphatic heterocycles. The summed E-state index contributed by atoms with van der Waals surface area (Å²) < 4.78 is 0. The first-order valence-corrected chi connectivity index (χ1v) is 6.48. The van der Waals surface area contributed by atoms with Crippen LogP contribution in [0.2, 0.25) is 0 Å². The van der Waals surface area contributed by atoms with Gasteiger partial charge in [-0.05, 0) is 24.8 Å². The minimum atomic E-state index is -0.0236. The fourth-order valence-corrected chi connectivity index (χ4v) is 1.52. The van der Waals surface area contributed by atoms with Crippen molar-refractivity contribution < 1.29 is 4.79 Å². The van der Waals surface area contributed by atoms with Gasteiger partial charge in [0.1, 0.15) is 0 Å². The van der Waals surface area contributed by atoms with Crippen molar-refractivity contribution in [1.82, 2.24) is 5.32 Å². The summed E-state index contributed by atoms with van der Waals surface area (Å²) in [6.07, 6.45) is 10.3. The maximum atomic E-state index is 11.2. The predicted octanol–water partition coefficient (Wildman–Crippen LogP) is 3.26. The van der Waals surface area contributed by atoms with Gasteiger partial charge in [-0.2, -0.15) is 0 Å². The Morgan fingerprint density at radius 2 is 2.00 bits per heavy atom. The number of allylic oxidation sites excluding steroid dienone is 3. The highest BCUT2D eigenvalue weighted by molar-refractivity contribution is 5.87. The van der Waals surface area contributed by atoms with Crippen molar-refractivity contribution in [3.63, 3.8) is 0 Å². The summed E-state index contributed by atoms with van der Waals surface area (Å²) in [4.78, 5) is 11.2. The van der Waals surface area contributed by atoms with Gasteiger partial charge in [-0.3, -0.25) is 4.79 Å². The van der Waals surface area contributed by atoms with Crippen LogP contribution in [0.4, 0.5) is 0 Å². The quantitative estimate of drug-likeness (QED) is 0.578. The van der Waals surface area contributed by atoms with Crippen LogP contribution in [-0.4, -0.2) is 12.5 Å². The van der Waals surface area contributed by atoms with Gasteiger partial charge in [0.2, 0.25) is 5.91 Å². The second kappa shape index (κ2) is 9.23. The molecular formula is C16H21NO. The predicted molar refractivity (Wildman–Crippen MR) is 76.3 cm³/mol. The summed E-state index contributed by atoms with van der Waals surface area (Å²) in [5, 5.41) is 2.79. The van der Waals surface area contributed by atoms with E-state index in [1.165, 1.54) is 5.56 Å². The van der Waals surface area contributed by atoms with Gasteiger partial charge >= 0.3 is 0 Å². The van der Waals surface area contributed by atoms with Crippen LogP contribution in [0.1, 0.15) is 25.3 Å². The van der Waals surface area contributed by atoms with Gasteiger partial charge in [0, 0.05) is 12.6 Å². The maximum absolute atomic E-state index is 11.2. The van der Waals surface area contributed by atoms with Crippen LogP contribution in [0, 0.1) is 0 Å². The molecule has 1 amide bonds. The molecule has 0 aliphatic carbocycles. The Bertz CT molecular complexity index is 393. The zero-order chi connectivity index (χ0) is 13.1. The number of rotatable bonds is 7. The summed E-state index contributed by atoms with van der Waals surface area (Å²) in [6, 6.07) is 10.4. The lowest BCUT2D eigenvalue weighted by atomic mass is 10.1. The molecule has 0 heterocycles. The van der Waals surface area contributed by atoms with E-state index in [9.17, 15) is 4.79 Å². The van der Waals surface area contributed by atoms with E-state index < -0.39 is 0 Å². The number of carbonyl (C=O) groups excluding carboxylic acids is 1. The summed E-state index contributed by atoms with van der Waals surface area (Å²) >= 11 is 0. The number of carbonyl (C=O) groups is 1. The highest BCUT2D eigenvalue weighted by Gasteiger charge is 1.90. The normalized spacial score (nSPS) is 11.2. The molecule has 0 spiro atoms. The van der Waals surface area contributed by atoms with Gasteiger partial charge < -0.3 is 5.32 Å². The summed E-state index contributed by atoms with van der Waals surface area (Å²) in [5.74, 6) is -0.0236. The van der Waals surface area contributed by atoms with E-state index >= 15 is 0 Å². The Balaban J connectivity index is 2.17. The van der Waals surface area contributed by atoms with Gasteiger partial charge in [0.05, 0.1) is 0 Å². The van der Waals surface area contributed by atoms with Gasteiger partial charge in [0.15, 0.2) is 0 Å². The molecule has 18 heavy (non-hydrogen) atoms. The standard InChI is InChI=1S/C16H21NO/c1-2-14-17-16(18)13-9-4-3-6-10-15-11-7-5-8-12-15/h3-5,7-9,11-13H,2,6,10,14H2,1H3,(H,17,18)/b4-3+,13-9+. The molecule has 1 aromatic carbocycles. The van der Waals surface area contributed by atoms with Crippen LogP contribution in [0.25, 0.3) is 0 Å². The van der Waals surface area contributed by atoms with E-state index in [2.05, 4.69) is 35.7 Å². The molecule has 96 valence electrons. The molecular weight excluding hydrogens is 222 g/mol. The number of hydrogen-bond acceptors (Lipinski definition) is 1. The fraction of sp³-hybridized carbons (Fsp3) is 0.312. The third-order valence-electron chi connectivity index (χ3n) is 2.49. The first kappa shape index (κ1) is 14.2. The van der Waals surface area contributed by atoms with Crippen LogP contribution in [-0.2, 0) is 11.2 Å². The number of benzene rings is 1. The number of nitrogens with one attached hydrogen (secondary N) is 1. The van der Waals surface area contributed by atoms with Crippen LogP contribution < -0.4 is 5.32 Å². The van der Waals surface area contributed by atoms with Crippen molar-refractivity contribution in [1.29, 1.82) is 0 Å². The van der Waals surface area contributed by atoms with E-state index in [1.807, 2.05) is 19.1 Å². The zero-order valence-electron chi connectivity index (χ0n) is 10.9. The number of aryl methyl sites for hydroxylation is 1. The van der Waals surface area contributed by atoms with E-state index in [0.717, 1.165) is 25.8 Å². The van der Waals surface area contributed by atoms with Crippen LogP contribution in [0.15, 0.2) is 54.6 Å². The second-order valence-electron chi connectivity index (χ2n) is 4.10. The molecule has 1 N–H and O–H groups in total. The maximum Gasteiger partial charge on any atom is 0.243 e. The van der Waals surface area contributed by atoms with Crippen molar-refractivity contribution in [3.05, 3.63) is 60.2 Å². The number of amides is 1. The minimum Gasteiger partial charge on any atom is -0.353 e. The first-order chi connectivity index (χ1) is 8.83. The Morgan fingerprint density at radius 3 is 2.72 bits per heavy atom. The largest absolute Gasteiger partial charge is 0.353 e. The van der Waals surface area contributed by atoms with E-state index in [0.29, 0.717) is 0 Å². The molecule has 0 saturated heterocycles. The highest BCUT2D eigenvalue weighted by Crippen LogP contribution is 2.02. The minimum absolute atomic E-state index is 0.0236. The van der Waals surface area contributed by atoms with Crippen molar-refractivity contribution >= 4 is 5.91 Å². The number of hydrogen-bond donors (Lipinski definition) is 1. The molecule has 1 rings (SSSR count). The average molecular weight is 243 g/mol. The highest BCUT2D eigenvalue weighted by atomic mass is 16.1. The van der Waals surface area contributed by atoms with Gasteiger partial charge in [0.25, 0.3) is 0 Å². The lowest BCUT2D eigenvalue weighted by Gasteiger charge is -1.96. The molecule has 2 nitrogen and oxygen atoms in total. The second-order valence-corrected chi connectivity index (χ2v) is 4.10. The molecule has 2 heteroatoms. The Kier molecular flexibility index (Phi) is 7.29. The lowest BCUT2D eigenvalue weighted by Crippen LogP contribution is -2.21. The Hall–Kier alpha value is -1.83. The smallest absolute Gasteiger partial charge is 0.243 e. The molecule has 0 fully saturated rings. The molecule has 0 saturated carbocycles. The lowest BCUT2D eigenvalue weighted by molar-refractivity contribution is -0.116. The Labute approximate surface area is 109 Å². The molecule has 0 bridgehead atoms. The van der Waals surface area contributed by atoms with Gasteiger partial charge in [-0.1, -0.05) is 55.5 Å². The Morgan fingerprint density at radius 1 is 1.22 bits per heavy atom. The van der Waals surface area contributed by atoms with Gasteiger partial charge in [-0.25, -0.2) is 0 Å². The summed E-state index contributed by atoms with van der Waals surface area (Å²) in [7, 11) is 0. The average Bonchev–Trinajstić information content (AvgIpc) is 2.41. The van der Waals surface area contributed by atoms with Crippen molar-refractivity contribution in [2.24, 2.45) is 0 Å². The SMILES string of the molecule is CCCNC(=O)/C=C/C=C/CCc1ccccc1. The van der Waals surface area contributed by atoms with Crippen LogP contribution in [0.5, 0.6) is 0 Å². The third kappa shape index (κ3) is 6.69. The molecule has 1 aromatic rings. The van der Waals surface area contributed by atoms with E-state index in [1.54, 1.807) is 12.2 Å². The molecule has 0 aliphatic rings. The van der Waals surface area contributed by atoms with E-state index in [-0.39, 0.29) is 5.91 Å². The molecule has 0 unspecified atom stereocenters. The molecule has 0 atom stereocenters. The molecule has 0 aromatic heterocycles. The van der Waals surface area contributed by atoms with Crippen molar-refractivity contribution in [2.45, 2.75) is 26.2 Å². The zero-order valence-corrected chi connectivity index (χ0v) is 10.9. The summed E-state index contributed by atoms with van der Waals surface area (Å²) in [5.41, 5.74) is 1.34. The van der Waals surface area contributed by atoms with Gasteiger partial charge in [-0.15, -0.1) is 0 Å². The first-order valence-electron chi connectivity index (χ1n) is 6.48. The van der Waals surface area contributed by atoms with Crippen LogP contribution >= 0.6 is 0 Å².